The summed E-state index contributed by atoms with van der Waals surface area (Å²) in [4.78, 5) is 12.8. The lowest BCUT2D eigenvalue weighted by Crippen LogP contribution is -2.40. The smallest absolute Gasteiger partial charge is 0.243 e. The predicted octanol–water partition coefficient (Wildman–Crippen LogP) is 4.16. The number of rotatable bonds is 9. The molecule has 168 valence electrons. The summed E-state index contributed by atoms with van der Waals surface area (Å²) in [7, 11) is -2.37. The van der Waals surface area contributed by atoms with Crippen molar-refractivity contribution in [3.05, 3.63) is 94.5 Å². The number of amides is 1. The molecule has 0 bridgehead atoms. The van der Waals surface area contributed by atoms with Gasteiger partial charge in [-0.05, 0) is 42.8 Å². The number of hydrogen-bond acceptors (Lipinski definition) is 4. The zero-order valence-electron chi connectivity index (χ0n) is 17.9. The number of hydrogen-bond donors (Lipinski definition) is 1. The van der Waals surface area contributed by atoms with Crippen molar-refractivity contribution in [3.63, 3.8) is 0 Å². The summed E-state index contributed by atoms with van der Waals surface area (Å²) >= 11 is 5.91. The van der Waals surface area contributed by atoms with Crippen LogP contribution in [-0.2, 0) is 27.9 Å². The van der Waals surface area contributed by atoms with Crippen LogP contribution in [0.5, 0.6) is 5.75 Å². The maximum Gasteiger partial charge on any atom is 0.243 e. The highest BCUT2D eigenvalue weighted by molar-refractivity contribution is 7.89. The normalized spacial score (nSPS) is 11.4. The van der Waals surface area contributed by atoms with E-state index in [0.29, 0.717) is 10.8 Å². The highest BCUT2D eigenvalue weighted by Gasteiger charge is 2.27. The van der Waals surface area contributed by atoms with Gasteiger partial charge in [-0.25, -0.2) is 8.42 Å². The first-order valence-corrected chi connectivity index (χ1v) is 11.8. The Hall–Kier alpha value is -2.87. The average molecular weight is 473 g/mol. The van der Waals surface area contributed by atoms with Gasteiger partial charge in [0.2, 0.25) is 15.9 Å². The van der Waals surface area contributed by atoms with Crippen LogP contribution in [-0.4, -0.2) is 32.3 Å². The van der Waals surface area contributed by atoms with Gasteiger partial charge < -0.3 is 10.1 Å². The molecule has 0 unspecified atom stereocenters. The number of carbonyl (C=O) groups excluding carboxylic acids is 1. The molecule has 3 rings (SSSR count). The van der Waals surface area contributed by atoms with Crippen LogP contribution in [0.15, 0.2) is 77.7 Å². The van der Waals surface area contributed by atoms with Crippen molar-refractivity contribution < 1.29 is 17.9 Å². The van der Waals surface area contributed by atoms with Crippen molar-refractivity contribution in [2.24, 2.45) is 0 Å². The number of aryl methyl sites for hydroxylation is 1. The summed E-state index contributed by atoms with van der Waals surface area (Å²) < 4.78 is 33.1. The number of para-hydroxylation sites is 1. The molecule has 6 nitrogen and oxygen atoms in total. The molecule has 0 aliphatic rings. The van der Waals surface area contributed by atoms with Crippen molar-refractivity contribution in [1.82, 2.24) is 9.62 Å². The third kappa shape index (κ3) is 6.09. The summed E-state index contributed by atoms with van der Waals surface area (Å²) in [5, 5.41) is 3.22. The van der Waals surface area contributed by atoms with Crippen LogP contribution in [0.2, 0.25) is 5.02 Å². The minimum atomic E-state index is -3.93. The lowest BCUT2D eigenvalue weighted by molar-refractivity contribution is -0.121. The lowest BCUT2D eigenvalue weighted by atomic mass is 10.1. The van der Waals surface area contributed by atoms with Gasteiger partial charge in [0.1, 0.15) is 5.75 Å². The monoisotopic (exact) mass is 472 g/mol. The van der Waals surface area contributed by atoms with E-state index in [-0.39, 0.29) is 24.5 Å². The largest absolute Gasteiger partial charge is 0.496 e. The number of sulfonamides is 1. The Kier molecular flexibility index (Phi) is 7.90. The number of nitrogens with one attached hydrogen (secondary N) is 1. The first-order chi connectivity index (χ1) is 15.3. The zero-order chi connectivity index (χ0) is 23.1. The molecule has 0 fully saturated rings. The van der Waals surface area contributed by atoms with Gasteiger partial charge in [-0.1, -0.05) is 59.6 Å². The van der Waals surface area contributed by atoms with E-state index >= 15 is 0 Å². The zero-order valence-corrected chi connectivity index (χ0v) is 19.5. The van der Waals surface area contributed by atoms with E-state index in [9.17, 15) is 13.2 Å². The molecule has 0 radical (unpaired) electrons. The van der Waals surface area contributed by atoms with Gasteiger partial charge in [0.15, 0.2) is 0 Å². The Morgan fingerprint density at radius 1 is 1.03 bits per heavy atom. The third-order valence-electron chi connectivity index (χ3n) is 4.88. The van der Waals surface area contributed by atoms with Crippen LogP contribution >= 0.6 is 11.6 Å². The fourth-order valence-electron chi connectivity index (χ4n) is 3.25. The molecule has 3 aromatic rings. The maximum absolute atomic E-state index is 13.3. The van der Waals surface area contributed by atoms with Crippen LogP contribution in [0, 0.1) is 6.92 Å². The summed E-state index contributed by atoms with van der Waals surface area (Å²) in [5.74, 6) is 0.235. The SMILES string of the molecule is COc1ccccc1CNC(=O)CN(Cc1cccc(C)c1)S(=O)(=O)c1ccc(Cl)cc1. The molecule has 0 aliphatic heterocycles. The maximum atomic E-state index is 13.3. The van der Waals surface area contributed by atoms with E-state index in [1.54, 1.807) is 13.2 Å². The lowest BCUT2D eigenvalue weighted by Gasteiger charge is -2.22. The van der Waals surface area contributed by atoms with Gasteiger partial charge in [0.25, 0.3) is 0 Å². The van der Waals surface area contributed by atoms with E-state index in [4.69, 9.17) is 16.3 Å². The van der Waals surface area contributed by atoms with Gasteiger partial charge in [-0.3, -0.25) is 4.79 Å². The van der Waals surface area contributed by atoms with Gasteiger partial charge in [0, 0.05) is 23.7 Å². The molecule has 0 saturated heterocycles. The fraction of sp³-hybridized carbons (Fsp3) is 0.208. The second-order valence-electron chi connectivity index (χ2n) is 7.30. The summed E-state index contributed by atoms with van der Waals surface area (Å²) in [6.45, 7) is 1.90. The summed E-state index contributed by atoms with van der Waals surface area (Å²) in [6.07, 6.45) is 0. The van der Waals surface area contributed by atoms with Crippen LogP contribution in [0.3, 0.4) is 0 Å². The van der Waals surface area contributed by atoms with Crippen molar-refractivity contribution >= 4 is 27.5 Å². The van der Waals surface area contributed by atoms with Crippen molar-refractivity contribution in [2.45, 2.75) is 24.9 Å². The quantitative estimate of drug-likeness (QED) is 0.507. The van der Waals surface area contributed by atoms with E-state index in [1.807, 2.05) is 49.4 Å². The molecule has 0 spiro atoms. The Bertz CT molecular complexity index is 1180. The fourth-order valence-corrected chi connectivity index (χ4v) is 4.76. The molecule has 0 saturated carbocycles. The molecule has 0 atom stereocenters. The van der Waals surface area contributed by atoms with Crippen molar-refractivity contribution in [3.8, 4) is 5.75 Å². The van der Waals surface area contributed by atoms with Gasteiger partial charge in [-0.15, -0.1) is 0 Å². The molecule has 1 amide bonds. The Morgan fingerprint density at radius 2 is 1.75 bits per heavy atom. The number of nitrogens with zero attached hydrogens (tertiary/aromatic N) is 1. The number of carbonyl (C=O) groups is 1. The average Bonchev–Trinajstić information content (AvgIpc) is 2.78. The summed E-state index contributed by atoms with van der Waals surface area (Å²) in [6, 6.07) is 20.8. The molecular formula is C24H25ClN2O4S. The topological polar surface area (TPSA) is 75.7 Å². The highest BCUT2D eigenvalue weighted by atomic mass is 35.5. The minimum Gasteiger partial charge on any atom is -0.496 e. The van der Waals surface area contributed by atoms with E-state index in [2.05, 4.69) is 5.32 Å². The molecule has 0 aromatic heterocycles. The second-order valence-corrected chi connectivity index (χ2v) is 9.68. The van der Waals surface area contributed by atoms with Crippen LogP contribution < -0.4 is 10.1 Å². The molecule has 0 heterocycles. The summed E-state index contributed by atoms with van der Waals surface area (Å²) in [5.41, 5.74) is 2.60. The van der Waals surface area contributed by atoms with Gasteiger partial charge in [0.05, 0.1) is 18.6 Å². The van der Waals surface area contributed by atoms with E-state index < -0.39 is 15.9 Å². The van der Waals surface area contributed by atoms with Crippen molar-refractivity contribution in [2.75, 3.05) is 13.7 Å². The molecular weight excluding hydrogens is 448 g/mol. The minimum absolute atomic E-state index is 0.0642. The van der Waals surface area contributed by atoms with Gasteiger partial charge >= 0.3 is 0 Å². The Labute approximate surface area is 193 Å². The number of ether oxygens (including phenoxy) is 1. The number of methoxy groups -OCH3 is 1. The number of benzene rings is 3. The van der Waals surface area contributed by atoms with E-state index in [0.717, 1.165) is 16.7 Å². The predicted molar refractivity (Wildman–Crippen MR) is 125 cm³/mol. The highest BCUT2D eigenvalue weighted by Crippen LogP contribution is 2.21. The molecule has 32 heavy (non-hydrogen) atoms. The Morgan fingerprint density at radius 3 is 2.44 bits per heavy atom. The molecule has 3 aromatic carbocycles. The molecule has 0 aliphatic carbocycles. The van der Waals surface area contributed by atoms with Crippen molar-refractivity contribution in [1.29, 1.82) is 0 Å². The van der Waals surface area contributed by atoms with E-state index in [1.165, 1.54) is 28.6 Å². The first kappa shape index (κ1) is 23.8. The Balaban J connectivity index is 1.81. The van der Waals surface area contributed by atoms with Crippen LogP contribution in [0.25, 0.3) is 0 Å². The van der Waals surface area contributed by atoms with Crippen LogP contribution in [0.4, 0.5) is 0 Å². The number of halogens is 1. The second kappa shape index (κ2) is 10.6. The molecule has 8 heteroatoms. The van der Waals surface area contributed by atoms with Crippen LogP contribution in [0.1, 0.15) is 16.7 Å². The first-order valence-electron chi connectivity index (χ1n) is 9.99. The van der Waals surface area contributed by atoms with Gasteiger partial charge in [-0.2, -0.15) is 4.31 Å². The molecule has 1 N–H and O–H groups in total. The standard InChI is InChI=1S/C24H25ClN2O4S/c1-18-6-5-7-19(14-18)16-27(32(29,30)22-12-10-21(25)11-13-22)17-24(28)26-15-20-8-3-4-9-23(20)31-2/h3-14H,15-17H2,1-2H3,(H,26,28). The third-order valence-corrected chi connectivity index (χ3v) is 6.94.